The first-order valence-corrected chi connectivity index (χ1v) is 11.5. The van der Waals surface area contributed by atoms with E-state index in [4.69, 9.17) is 11.2 Å². The van der Waals surface area contributed by atoms with Crippen molar-refractivity contribution in [3.05, 3.63) is 13.3 Å². The van der Waals surface area contributed by atoms with E-state index < -0.39 is 13.2 Å². The van der Waals surface area contributed by atoms with E-state index in [1.807, 2.05) is 20.0 Å². The fraction of sp³-hybridized carbons (Fsp3) is 0.750. The standard InChI is InChI=1S/C4H11ClP.C4H11P.Au/c1-6(2,3,4)5;1-5(2,3)4;/h1H2,2-4H3;1H2,2-4H3;/q-1;;. The maximum Gasteiger partial charge on any atom is 0.0215 e. The van der Waals surface area contributed by atoms with E-state index in [1.165, 1.54) is 0 Å². The molecule has 0 N–H and O–H groups in total. The first-order valence-electron chi connectivity index (χ1n) is 3.48. The molecule has 0 nitrogen and oxygen atoms in total. The van der Waals surface area contributed by atoms with Crippen molar-refractivity contribution in [3.63, 3.8) is 0 Å². The summed E-state index contributed by atoms with van der Waals surface area (Å²) in [5.41, 5.74) is 0. The van der Waals surface area contributed by atoms with Gasteiger partial charge in [-0.15, -0.1) is 7.26 Å². The first-order chi connectivity index (χ1) is 4.24. The Morgan fingerprint density at radius 3 is 1.08 bits per heavy atom. The zero-order valence-corrected chi connectivity index (χ0v) is 13.7. The molecule has 0 rings (SSSR count). The van der Waals surface area contributed by atoms with E-state index in [0.29, 0.717) is 0 Å². The summed E-state index contributed by atoms with van der Waals surface area (Å²) in [4.78, 5) is 0. The van der Waals surface area contributed by atoms with Crippen molar-refractivity contribution in [2.75, 3.05) is 40.0 Å². The van der Waals surface area contributed by atoms with Crippen LogP contribution in [-0.4, -0.2) is 40.0 Å². The predicted octanol–water partition coefficient (Wildman–Crippen LogP) is 4.06. The Hall–Kier alpha value is 1.89. The Morgan fingerprint density at radius 2 is 1.08 bits per heavy atom. The summed E-state index contributed by atoms with van der Waals surface area (Å²) in [5, 5.41) is 0. The molecule has 0 spiro atoms. The summed E-state index contributed by atoms with van der Waals surface area (Å²) in [6, 6.07) is 0. The number of hydrogen-bond acceptors (Lipinski definition) is 0. The van der Waals surface area contributed by atoms with Crippen LogP contribution in [0.15, 0.2) is 0 Å². The van der Waals surface area contributed by atoms with Gasteiger partial charge in [-0.2, -0.15) is 6.66 Å². The maximum absolute atomic E-state index is 5.80. The van der Waals surface area contributed by atoms with Crippen molar-refractivity contribution in [2.45, 2.75) is 0 Å². The summed E-state index contributed by atoms with van der Waals surface area (Å²) in [6.45, 7) is 20.2. The largest absolute Gasteiger partial charge is 0.181 e. The molecular formula is C8H22AuClP2-. The number of hydrogen-bond donors (Lipinski definition) is 0. The smallest absolute Gasteiger partial charge is 0.0215 e. The van der Waals surface area contributed by atoms with Gasteiger partial charge in [-0.25, -0.2) is 0 Å². The SMILES string of the molecule is [Au].[CH2-]P(C)(C)(C)Cl.[CH2-][P+](C)(C)C. The van der Waals surface area contributed by atoms with Crippen LogP contribution in [0.1, 0.15) is 0 Å². The van der Waals surface area contributed by atoms with Crippen LogP contribution in [0.2, 0.25) is 0 Å². The van der Waals surface area contributed by atoms with Crippen LogP contribution in [0.4, 0.5) is 0 Å². The van der Waals surface area contributed by atoms with E-state index >= 15 is 0 Å². The summed E-state index contributed by atoms with van der Waals surface area (Å²) in [6.07, 6.45) is 0. The van der Waals surface area contributed by atoms with Crippen LogP contribution in [-0.2, 0) is 22.4 Å². The maximum atomic E-state index is 5.80. The van der Waals surface area contributed by atoms with E-state index in [1.54, 1.807) is 0 Å². The van der Waals surface area contributed by atoms with Crippen molar-refractivity contribution in [3.8, 4) is 0 Å². The molecule has 0 aromatic rings. The average molecular weight is 413 g/mol. The van der Waals surface area contributed by atoms with E-state index in [-0.39, 0.29) is 22.4 Å². The van der Waals surface area contributed by atoms with Crippen LogP contribution >= 0.6 is 24.5 Å². The van der Waals surface area contributed by atoms with Gasteiger partial charge >= 0.3 is 43.9 Å². The first kappa shape index (κ1) is 19.5. The summed E-state index contributed by atoms with van der Waals surface area (Å²) in [5.74, 6) is -1.83. The van der Waals surface area contributed by atoms with Gasteiger partial charge in [0.05, 0.1) is 0 Å². The third-order valence-corrected chi connectivity index (χ3v) is 0. The molecule has 0 aliphatic carbocycles. The minimum atomic E-state index is -1.83. The molecule has 0 aromatic heterocycles. The Bertz CT molecular complexity index is 96.3. The molecule has 1 radical (unpaired) electrons. The normalized spacial score (nSPS) is 14.6. The van der Waals surface area contributed by atoms with Crippen molar-refractivity contribution in [2.24, 2.45) is 0 Å². The van der Waals surface area contributed by atoms with Crippen molar-refractivity contribution >= 4 is 24.5 Å². The molecule has 0 bridgehead atoms. The molecule has 0 aliphatic rings. The summed E-state index contributed by atoms with van der Waals surface area (Å²) < 4.78 is 0. The second-order valence-electron chi connectivity index (χ2n) is 5.21. The molecule has 0 fully saturated rings. The van der Waals surface area contributed by atoms with Gasteiger partial charge < -0.3 is 0 Å². The van der Waals surface area contributed by atoms with Gasteiger partial charge in [-0.1, -0.05) is 0 Å². The Balaban J connectivity index is -0.000000126. The minimum Gasteiger partial charge on any atom is -0.181 e. The fourth-order valence-electron chi connectivity index (χ4n) is 0. The fourth-order valence-corrected chi connectivity index (χ4v) is 0. The van der Waals surface area contributed by atoms with Crippen LogP contribution in [0, 0.1) is 13.3 Å². The van der Waals surface area contributed by atoms with Crippen LogP contribution in [0.5, 0.6) is 0 Å². The van der Waals surface area contributed by atoms with Gasteiger partial charge in [-0.05, 0) is 0 Å². The Kier molecular flexibility index (Phi) is 9.23. The van der Waals surface area contributed by atoms with Crippen molar-refractivity contribution in [1.29, 1.82) is 0 Å². The molecule has 0 aliphatic heterocycles. The molecule has 0 atom stereocenters. The molecule has 0 saturated carbocycles. The number of halogens is 1. The zero-order valence-electron chi connectivity index (χ0n) is 8.99. The minimum absolute atomic E-state index is 0. The van der Waals surface area contributed by atoms with E-state index in [2.05, 4.69) is 33.3 Å². The third-order valence-electron chi connectivity index (χ3n) is 0. The molecule has 0 heterocycles. The average Bonchev–Trinajstić information content (AvgIpc) is 1.07. The second-order valence-corrected chi connectivity index (χ2v) is 19.4. The second kappa shape index (κ2) is 5.69. The van der Waals surface area contributed by atoms with Crippen LogP contribution in [0.3, 0.4) is 0 Å². The monoisotopic (exact) mass is 412 g/mol. The molecule has 83 valence electrons. The van der Waals surface area contributed by atoms with Gasteiger partial charge in [0.2, 0.25) is 0 Å². The molecule has 12 heavy (non-hydrogen) atoms. The van der Waals surface area contributed by atoms with Crippen molar-refractivity contribution in [1.82, 2.24) is 0 Å². The topological polar surface area (TPSA) is 0 Å². The van der Waals surface area contributed by atoms with Crippen molar-refractivity contribution < 1.29 is 22.4 Å². The third kappa shape index (κ3) is 395. The molecule has 0 saturated heterocycles. The molecular weight excluding hydrogens is 390 g/mol. The van der Waals surface area contributed by atoms with Gasteiger partial charge in [-0.3, -0.25) is 0 Å². The van der Waals surface area contributed by atoms with Gasteiger partial charge in [0.15, 0.2) is 0 Å². The number of rotatable bonds is 0. The van der Waals surface area contributed by atoms with E-state index in [0.717, 1.165) is 0 Å². The summed E-state index contributed by atoms with van der Waals surface area (Å²) in [7, 11) is -0.639. The Morgan fingerprint density at radius 1 is 1.08 bits per heavy atom. The Labute approximate surface area is 99.8 Å². The predicted molar refractivity (Wildman–Crippen MR) is 66.0 cm³/mol. The molecule has 4 heteroatoms. The van der Waals surface area contributed by atoms with Gasteiger partial charge in [0.1, 0.15) is 0 Å². The molecule has 0 aromatic carbocycles. The summed E-state index contributed by atoms with van der Waals surface area (Å²) >= 11 is 5.80. The van der Waals surface area contributed by atoms with E-state index in [9.17, 15) is 0 Å². The zero-order chi connectivity index (χ0) is 9.95. The van der Waals surface area contributed by atoms with Gasteiger partial charge in [0.25, 0.3) is 0 Å². The van der Waals surface area contributed by atoms with Crippen LogP contribution < -0.4 is 0 Å². The van der Waals surface area contributed by atoms with Gasteiger partial charge in [0, 0.05) is 42.4 Å². The molecule has 0 unspecified atom stereocenters. The van der Waals surface area contributed by atoms with Crippen LogP contribution in [0.25, 0.3) is 0 Å². The quantitative estimate of drug-likeness (QED) is 0.320. The molecule has 0 amide bonds.